The van der Waals surface area contributed by atoms with Crippen molar-refractivity contribution in [3.05, 3.63) is 44.4 Å². The molecule has 0 radical (unpaired) electrons. The quantitative estimate of drug-likeness (QED) is 0.854. The normalized spacial score (nSPS) is 13.4. The van der Waals surface area contributed by atoms with Crippen molar-refractivity contribution in [2.24, 2.45) is 0 Å². The Labute approximate surface area is 120 Å². The highest BCUT2D eigenvalue weighted by Gasteiger charge is 2.18. The second-order valence-corrected chi connectivity index (χ2v) is 6.19. The first-order valence-corrected chi connectivity index (χ1v) is 7.38. The summed E-state index contributed by atoms with van der Waals surface area (Å²) in [5.41, 5.74) is 2.87. The van der Waals surface area contributed by atoms with Gasteiger partial charge in [-0.3, -0.25) is 4.79 Å². The molecule has 0 spiro atoms. The average molecular weight is 293 g/mol. The third-order valence-electron chi connectivity index (χ3n) is 3.24. The van der Waals surface area contributed by atoms with Gasteiger partial charge in [0, 0.05) is 4.88 Å². The molecule has 1 amide bonds. The van der Waals surface area contributed by atoms with Crippen LogP contribution in [0.5, 0.6) is 0 Å². The van der Waals surface area contributed by atoms with Crippen molar-refractivity contribution < 1.29 is 4.79 Å². The number of nitrogens with one attached hydrogen (secondary N) is 1. The molecule has 1 N–H and O–H groups in total. The zero-order valence-corrected chi connectivity index (χ0v) is 12.1. The Bertz CT molecular complexity index is 629. The van der Waals surface area contributed by atoms with Crippen LogP contribution in [0.2, 0.25) is 5.15 Å². The van der Waals surface area contributed by atoms with E-state index in [2.05, 4.69) is 10.3 Å². The monoisotopic (exact) mass is 292 g/mol. The Morgan fingerprint density at radius 2 is 2.26 bits per heavy atom. The van der Waals surface area contributed by atoms with E-state index in [9.17, 15) is 4.79 Å². The molecule has 5 heteroatoms. The largest absolute Gasteiger partial charge is 0.320 e. The first-order valence-electron chi connectivity index (χ1n) is 6.18. The minimum atomic E-state index is -0.0667. The zero-order valence-electron chi connectivity index (χ0n) is 10.5. The van der Waals surface area contributed by atoms with Crippen LogP contribution in [0, 0.1) is 6.92 Å². The molecule has 0 saturated carbocycles. The fourth-order valence-electron chi connectivity index (χ4n) is 2.26. The fourth-order valence-corrected chi connectivity index (χ4v) is 3.51. The van der Waals surface area contributed by atoms with Gasteiger partial charge in [0.05, 0.1) is 16.8 Å². The summed E-state index contributed by atoms with van der Waals surface area (Å²) in [7, 11) is 0. The molecule has 0 unspecified atom stereocenters. The van der Waals surface area contributed by atoms with Gasteiger partial charge in [-0.1, -0.05) is 11.6 Å². The maximum Gasteiger partial charge on any atom is 0.265 e. The standard InChI is InChI=1S/C14H13ClN2OS/c1-8-5-10(7-16-13(8)15)17-14(18)12-6-9-3-2-4-11(9)19-12/h5-7H,2-4H2,1H3,(H,17,18). The van der Waals surface area contributed by atoms with E-state index in [4.69, 9.17) is 11.6 Å². The van der Waals surface area contributed by atoms with E-state index < -0.39 is 0 Å². The second kappa shape index (κ2) is 4.94. The molecule has 2 aromatic heterocycles. The smallest absolute Gasteiger partial charge is 0.265 e. The lowest BCUT2D eigenvalue weighted by molar-refractivity contribution is 0.103. The van der Waals surface area contributed by atoms with Gasteiger partial charge < -0.3 is 5.32 Å². The highest BCUT2D eigenvalue weighted by molar-refractivity contribution is 7.14. The number of hydrogen-bond donors (Lipinski definition) is 1. The third kappa shape index (κ3) is 2.51. The summed E-state index contributed by atoms with van der Waals surface area (Å²) < 4.78 is 0. The molecule has 0 bridgehead atoms. The number of carbonyl (C=O) groups excluding carboxylic acids is 1. The van der Waals surface area contributed by atoms with E-state index in [0.717, 1.165) is 23.3 Å². The topological polar surface area (TPSA) is 42.0 Å². The molecule has 0 aromatic carbocycles. The lowest BCUT2D eigenvalue weighted by Crippen LogP contribution is -2.10. The van der Waals surface area contributed by atoms with Gasteiger partial charge in [-0.2, -0.15) is 0 Å². The van der Waals surface area contributed by atoms with E-state index in [1.807, 2.05) is 19.1 Å². The Hall–Kier alpha value is -1.39. The Kier molecular flexibility index (Phi) is 3.29. The molecule has 98 valence electrons. The molecule has 1 aliphatic rings. The van der Waals surface area contributed by atoms with E-state index in [1.165, 1.54) is 16.9 Å². The number of carbonyl (C=O) groups is 1. The highest BCUT2D eigenvalue weighted by atomic mass is 35.5. The molecule has 3 rings (SSSR count). The minimum Gasteiger partial charge on any atom is -0.320 e. The number of pyridine rings is 1. The summed E-state index contributed by atoms with van der Waals surface area (Å²) in [6.07, 6.45) is 4.99. The van der Waals surface area contributed by atoms with Gasteiger partial charge >= 0.3 is 0 Å². The van der Waals surface area contributed by atoms with Gasteiger partial charge in [-0.05, 0) is 49.4 Å². The summed E-state index contributed by atoms with van der Waals surface area (Å²) in [6, 6.07) is 3.84. The number of nitrogens with zero attached hydrogens (tertiary/aromatic N) is 1. The molecular formula is C14H13ClN2OS. The maximum absolute atomic E-state index is 12.2. The molecule has 1 aliphatic carbocycles. The number of aryl methyl sites for hydroxylation is 3. The number of fused-ring (bicyclic) bond motifs is 1. The van der Waals surface area contributed by atoms with Crippen LogP contribution in [-0.4, -0.2) is 10.9 Å². The van der Waals surface area contributed by atoms with Crippen LogP contribution in [0.15, 0.2) is 18.3 Å². The van der Waals surface area contributed by atoms with Crippen LogP contribution in [0.3, 0.4) is 0 Å². The number of aromatic nitrogens is 1. The molecule has 0 saturated heterocycles. The van der Waals surface area contributed by atoms with Gasteiger partial charge in [0.15, 0.2) is 0 Å². The number of thiophene rings is 1. The van der Waals surface area contributed by atoms with Crippen molar-refractivity contribution in [1.82, 2.24) is 4.98 Å². The summed E-state index contributed by atoms with van der Waals surface area (Å²) in [5, 5.41) is 3.33. The lowest BCUT2D eigenvalue weighted by atomic mass is 10.2. The Morgan fingerprint density at radius 3 is 3.00 bits per heavy atom. The molecule has 0 aliphatic heterocycles. The molecule has 0 atom stereocenters. The van der Waals surface area contributed by atoms with Crippen molar-refractivity contribution >= 4 is 34.5 Å². The molecule has 19 heavy (non-hydrogen) atoms. The summed E-state index contributed by atoms with van der Waals surface area (Å²) in [4.78, 5) is 18.3. The zero-order chi connectivity index (χ0) is 13.4. The summed E-state index contributed by atoms with van der Waals surface area (Å²) in [6.45, 7) is 1.87. The van der Waals surface area contributed by atoms with Crippen LogP contribution in [-0.2, 0) is 12.8 Å². The minimum absolute atomic E-state index is 0.0667. The van der Waals surface area contributed by atoms with Crippen molar-refractivity contribution in [2.45, 2.75) is 26.2 Å². The number of amides is 1. The predicted octanol–water partition coefficient (Wildman–Crippen LogP) is 3.85. The number of hydrogen-bond acceptors (Lipinski definition) is 3. The van der Waals surface area contributed by atoms with Gasteiger partial charge in [-0.15, -0.1) is 11.3 Å². The van der Waals surface area contributed by atoms with Crippen LogP contribution < -0.4 is 5.32 Å². The van der Waals surface area contributed by atoms with E-state index in [1.54, 1.807) is 17.5 Å². The third-order valence-corrected chi connectivity index (χ3v) is 4.87. The summed E-state index contributed by atoms with van der Waals surface area (Å²) >= 11 is 7.46. The maximum atomic E-state index is 12.2. The van der Waals surface area contributed by atoms with Gasteiger partial charge in [0.25, 0.3) is 5.91 Å². The van der Waals surface area contributed by atoms with Crippen molar-refractivity contribution in [1.29, 1.82) is 0 Å². The number of anilines is 1. The highest BCUT2D eigenvalue weighted by Crippen LogP contribution is 2.31. The number of halogens is 1. The molecular weight excluding hydrogens is 280 g/mol. The van der Waals surface area contributed by atoms with Gasteiger partial charge in [-0.25, -0.2) is 4.98 Å². The predicted molar refractivity (Wildman–Crippen MR) is 78.3 cm³/mol. The van der Waals surface area contributed by atoms with Crippen LogP contribution in [0.25, 0.3) is 0 Å². The SMILES string of the molecule is Cc1cc(NC(=O)c2cc3c(s2)CCC3)cnc1Cl. The second-order valence-electron chi connectivity index (χ2n) is 4.70. The van der Waals surface area contributed by atoms with E-state index in [-0.39, 0.29) is 5.91 Å². The van der Waals surface area contributed by atoms with Gasteiger partial charge in [0.1, 0.15) is 5.15 Å². The van der Waals surface area contributed by atoms with Crippen LogP contribution in [0.1, 0.15) is 32.1 Å². The van der Waals surface area contributed by atoms with Crippen LogP contribution >= 0.6 is 22.9 Å². The lowest BCUT2D eigenvalue weighted by Gasteiger charge is -2.05. The Balaban J connectivity index is 1.78. The van der Waals surface area contributed by atoms with Gasteiger partial charge in [0.2, 0.25) is 0 Å². The van der Waals surface area contributed by atoms with Crippen molar-refractivity contribution in [3.8, 4) is 0 Å². The Morgan fingerprint density at radius 1 is 1.42 bits per heavy atom. The van der Waals surface area contributed by atoms with E-state index in [0.29, 0.717) is 10.8 Å². The van der Waals surface area contributed by atoms with Crippen molar-refractivity contribution in [2.75, 3.05) is 5.32 Å². The molecule has 2 heterocycles. The number of rotatable bonds is 2. The van der Waals surface area contributed by atoms with E-state index >= 15 is 0 Å². The first kappa shape index (κ1) is 12.6. The van der Waals surface area contributed by atoms with Crippen LogP contribution in [0.4, 0.5) is 5.69 Å². The summed E-state index contributed by atoms with van der Waals surface area (Å²) in [5.74, 6) is -0.0667. The average Bonchev–Trinajstić information content (AvgIpc) is 2.94. The molecule has 0 fully saturated rings. The van der Waals surface area contributed by atoms with Crippen molar-refractivity contribution in [3.63, 3.8) is 0 Å². The molecule has 3 nitrogen and oxygen atoms in total. The molecule has 2 aromatic rings. The fraction of sp³-hybridized carbons (Fsp3) is 0.286. The first-order chi connectivity index (χ1) is 9.13.